The summed E-state index contributed by atoms with van der Waals surface area (Å²) in [6.45, 7) is 1.18. The van der Waals surface area contributed by atoms with E-state index in [1.165, 1.54) is 19.1 Å². The molecule has 2 amide bonds. The number of benzene rings is 2. The van der Waals surface area contributed by atoms with Crippen molar-refractivity contribution < 1.29 is 24.0 Å². The monoisotopic (exact) mass is 419 g/mol. The number of ether oxygens (including phenoxy) is 1. The molecule has 0 heterocycles. The lowest BCUT2D eigenvalue weighted by Crippen LogP contribution is -2.38. The van der Waals surface area contributed by atoms with Crippen LogP contribution in [0, 0.1) is 10.1 Å². The molecular weight excluding hydrogens is 402 g/mol. The highest BCUT2D eigenvalue weighted by molar-refractivity contribution is 6.32. The highest BCUT2D eigenvalue weighted by atomic mass is 35.5. The van der Waals surface area contributed by atoms with E-state index in [4.69, 9.17) is 16.3 Å². The molecule has 0 aliphatic heterocycles. The molecule has 1 atom stereocenters. The van der Waals surface area contributed by atoms with Gasteiger partial charge < -0.3 is 15.4 Å². The summed E-state index contributed by atoms with van der Waals surface area (Å²) in [6, 6.07) is 12.7. The molecule has 0 aromatic heterocycles. The summed E-state index contributed by atoms with van der Waals surface area (Å²) in [7, 11) is 0. The van der Waals surface area contributed by atoms with Gasteiger partial charge in [-0.05, 0) is 24.6 Å². The van der Waals surface area contributed by atoms with Crippen molar-refractivity contribution in [3.05, 3.63) is 74.8 Å². The molecule has 2 aromatic rings. The molecule has 0 fully saturated rings. The van der Waals surface area contributed by atoms with E-state index in [9.17, 15) is 24.5 Å². The third-order valence-electron chi connectivity index (χ3n) is 3.79. The number of carbonyl (C=O) groups is 3. The maximum Gasteiger partial charge on any atom is 0.326 e. The molecule has 0 saturated carbocycles. The maximum atomic E-state index is 12.1. The van der Waals surface area contributed by atoms with E-state index in [0.717, 1.165) is 11.6 Å². The predicted molar refractivity (Wildman–Crippen MR) is 104 cm³/mol. The van der Waals surface area contributed by atoms with Crippen LogP contribution in [0.5, 0.6) is 0 Å². The molecule has 10 heteroatoms. The summed E-state index contributed by atoms with van der Waals surface area (Å²) in [6.07, 6.45) is -1.06. The van der Waals surface area contributed by atoms with Gasteiger partial charge in [-0.25, -0.2) is 0 Å². The van der Waals surface area contributed by atoms with Crippen LogP contribution in [0.15, 0.2) is 48.5 Å². The van der Waals surface area contributed by atoms with Gasteiger partial charge in [-0.3, -0.25) is 24.5 Å². The molecule has 2 rings (SSSR count). The van der Waals surface area contributed by atoms with Crippen LogP contribution in [-0.4, -0.2) is 35.4 Å². The van der Waals surface area contributed by atoms with Gasteiger partial charge in [0.1, 0.15) is 11.6 Å². The molecule has 0 aliphatic carbocycles. The van der Waals surface area contributed by atoms with Gasteiger partial charge in [-0.2, -0.15) is 0 Å². The van der Waals surface area contributed by atoms with Crippen LogP contribution in [0.3, 0.4) is 0 Å². The average molecular weight is 420 g/mol. The van der Waals surface area contributed by atoms with Crippen LogP contribution < -0.4 is 10.6 Å². The zero-order valence-corrected chi connectivity index (χ0v) is 16.1. The standard InChI is InChI=1S/C19H18ClN3O6/c1-12(18(25)21-10-13-5-3-2-4-6-13)29-17(24)11-22-19(26)14-7-8-15(20)16(9-14)23(27)28/h2-9,12H,10-11H2,1H3,(H,21,25)(H,22,26)/t12-/m1/s1. The van der Waals surface area contributed by atoms with Crippen molar-refractivity contribution in [1.82, 2.24) is 10.6 Å². The van der Waals surface area contributed by atoms with Gasteiger partial charge in [-0.15, -0.1) is 0 Å². The number of amides is 2. The third-order valence-corrected chi connectivity index (χ3v) is 4.10. The molecule has 152 valence electrons. The van der Waals surface area contributed by atoms with E-state index in [1.807, 2.05) is 30.3 Å². The Morgan fingerprint density at radius 2 is 1.83 bits per heavy atom. The summed E-state index contributed by atoms with van der Waals surface area (Å²) >= 11 is 5.69. The molecule has 2 aromatic carbocycles. The number of nitro groups is 1. The molecule has 29 heavy (non-hydrogen) atoms. The van der Waals surface area contributed by atoms with E-state index >= 15 is 0 Å². The Labute approximate surface area is 171 Å². The lowest BCUT2D eigenvalue weighted by atomic mass is 10.2. The van der Waals surface area contributed by atoms with Gasteiger partial charge >= 0.3 is 5.97 Å². The fourth-order valence-corrected chi connectivity index (χ4v) is 2.46. The lowest BCUT2D eigenvalue weighted by Gasteiger charge is -2.14. The minimum Gasteiger partial charge on any atom is -0.451 e. The average Bonchev–Trinajstić information content (AvgIpc) is 2.71. The number of hydrogen-bond acceptors (Lipinski definition) is 6. The van der Waals surface area contributed by atoms with Gasteiger partial charge in [0.05, 0.1) is 4.92 Å². The number of rotatable bonds is 8. The third kappa shape index (κ3) is 6.58. The van der Waals surface area contributed by atoms with Crippen molar-refractivity contribution in [1.29, 1.82) is 0 Å². The van der Waals surface area contributed by atoms with E-state index in [2.05, 4.69) is 10.6 Å². The first-order valence-electron chi connectivity index (χ1n) is 8.51. The zero-order chi connectivity index (χ0) is 21.4. The molecule has 0 saturated heterocycles. The number of nitrogens with one attached hydrogen (secondary N) is 2. The SMILES string of the molecule is C[C@@H](OC(=O)CNC(=O)c1ccc(Cl)c([N+](=O)[O-])c1)C(=O)NCc1ccccc1. The maximum absolute atomic E-state index is 12.1. The molecule has 0 radical (unpaired) electrons. The van der Waals surface area contributed by atoms with Crippen LogP contribution in [0.2, 0.25) is 5.02 Å². The minimum absolute atomic E-state index is 0.0393. The Morgan fingerprint density at radius 1 is 1.14 bits per heavy atom. The molecule has 0 unspecified atom stereocenters. The van der Waals surface area contributed by atoms with Crippen molar-refractivity contribution >= 4 is 35.1 Å². The molecule has 0 aliphatic rings. The first-order valence-corrected chi connectivity index (χ1v) is 8.89. The van der Waals surface area contributed by atoms with Gasteiger partial charge in [0.25, 0.3) is 17.5 Å². The van der Waals surface area contributed by atoms with E-state index in [-0.39, 0.29) is 17.1 Å². The van der Waals surface area contributed by atoms with Crippen molar-refractivity contribution in [3.63, 3.8) is 0 Å². The molecule has 0 spiro atoms. The Kier molecular flexibility index (Phi) is 7.67. The minimum atomic E-state index is -1.06. The molecular formula is C19H18ClN3O6. The van der Waals surface area contributed by atoms with E-state index in [0.29, 0.717) is 0 Å². The normalized spacial score (nSPS) is 11.2. The number of carbonyl (C=O) groups excluding carboxylic acids is 3. The Bertz CT molecular complexity index is 919. The Morgan fingerprint density at radius 3 is 2.48 bits per heavy atom. The molecule has 9 nitrogen and oxygen atoms in total. The summed E-state index contributed by atoms with van der Waals surface area (Å²) in [5.41, 5.74) is 0.428. The first-order chi connectivity index (χ1) is 13.8. The largest absolute Gasteiger partial charge is 0.451 e. The second-order valence-corrected chi connectivity index (χ2v) is 6.35. The van der Waals surface area contributed by atoms with Gasteiger partial charge in [0, 0.05) is 18.2 Å². The number of nitrogens with zero attached hydrogens (tertiary/aromatic N) is 1. The number of halogens is 1. The summed E-state index contributed by atoms with van der Waals surface area (Å²) in [5.74, 6) is -2.03. The second kappa shape index (κ2) is 10.2. The Balaban J connectivity index is 1.81. The fourth-order valence-electron chi connectivity index (χ4n) is 2.27. The quantitative estimate of drug-likeness (QED) is 0.383. The van der Waals surface area contributed by atoms with Crippen LogP contribution in [-0.2, 0) is 20.9 Å². The first kappa shape index (κ1) is 21.8. The lowest BCUT2D eigenvalue weighted by molar-refractivity contribution is -0.384. The van der Waals surface area contributed by atoms with Crippen molar-refractivity contribution in [2.75, 3.05) is 6.54 Å². The molecule has 2 N–H and O–H groups in total. The van der Waals surface area contributed by atoms with E-state index in [1.54, 1.807) is 0 Å². The highest BCUT2D eigenvalue weighted by Crippen LogP contribution is 2.24. The number of hydrogen-bond donors (Lipinski definition) is 2. The van der Waals surface area contributed by atoms with Gasteiger partial charge in [-0.1, -0.05) is 41.9 Å². The van der Waals surface area contributed by atoms with Crippen molar-refractivity contribution in [2.24, 2.45) is 0 Å². The van der Waals surface area contributed by atoms with Crippen LogP contribution in [0.4, 0.5) is 5.69 Å². The van der Waals surface area contributed by atoms with Crippen molar-refractivity contribution in [2.45, 2.75) is 19.6 Å². The summed E-state index contributed by atoms with van der Waals surface area (Å²) in [4.78, 5) is 46.0. The molecule has 0 bridgehead atoms. The fraction of sp³-hybridized carbons (Fsp3) is 0.211. The van der Waals surface area contributed by atoms with Crippen molar-refractivity contribution in [3.8, 4) is 0 Å². The van der Waals surface area contributed by atoms with Gasteiger partial charge in [0.15, 0.2) is 6.10 Å². The predicted octanol–water partition coefficient (Wildman–Crippen LogP) is 2.23. The zero-order valence-electron chi connectivity index (χ0n) is 15.4. The van der Waals surface area contributed by atoms with Crippen LogP contribution >= 0.6 is 11.6 Å². The number of esters is 1. The smallest absolute Gasteiger partial charge is 0.326 e. The summed E-state index contributed by atoms with van der Waals surface area (Å²) in [5, 5.41) is 15.7. The van der Waals surface area contributed by atoms with Gasteiger partial charge in [0.2, 0.25) is 0 Å². The van der Waals surface area contributed by atoms with E-state index < -0.39 is 41.0 Å². The second-order valence-electron chi connectivity index (χ2n) is 5.94. The highest BCUT2D eigenvalue weighted by Gasteiger charge is 2.19. The topological polar surface area (TPSA) is 128 Å². The summed E-state index contributed by atoms with van der Waals surface area (Å²) < 4.78 is 4.97. The van der Waals surface area contributed by atoms with Crippen LogP contribution in [0.1, 0.15) is 22.8 Å². The number of nitro benzene ring substituents is 1. The Hall–Kier alpha value is -3.46. The van der Waals surface area contributed by atoms with Crippen LogP contribution in [0.25, 0.3) is 0 Å².